The first-order chi connectivity index (χ1) is 14.6. The largest absolute Gasteiger partial charge is 0.497 e. The van der Waals surface area contributed by atoms with Crippen molar-refractivity contribution in [3.63, 3.8) is 0 Å². The molecule has 0 atom stereocenters. The average molecular weight is 398 g/mol. The van der Waals surface area contributed by atoms with Crippen LogP contribution in [0.2, 0.25) is 0 Å². The number of carbonyl (C=O) groups is 1. The summed E-state index contributed by atoms with van der Waals surface area (Å²) in [5.74, 6) is -0.394. The van der Waals surface area contributed by atoms with Gasteiger partial charge < -0.3 is 9.84 Å². The number of hydrogen-bond donors (Lipinski definition) is 1. The molecule has 3 aromatic carbocycles. The third-order valence-corrected chi connectivity index (χ3v) is 4.69. The molecule has 0 saturated carbocycles. The monoisotopic (exact) mass is 398 g/mol. The van der Waals surface area contributed by atoms with Gasteiger partial charge in [0.1, 0.15) is 5.75 Å². The van der Waals surface area contributed by atoms with E-state index in [9.17, 15) is 14.7 Å². The maximum Gasteiger partial charge on any atom is 0.273 e. The lowest BCUT2D eigenvalue weighted by atomic mass is 10.0. The SMILES string of the molecule is COc1ccc(C(=O)c2c(O)nc(-c3ccccc3)n(-c3ccccc3)c2=O)cc1. The molecular weight excluding hydrogens is 380 g/mol. The van der Waals surface area contributed by atoms with E-state index in [-0.39, 0.29) is 17.0 Å². The molecule has 1 aromatic heterocycles. The molecule has 0 aliphatic carbocycles. The lowest BCUT2D eigenvalue weighted by molar-refractivity contribution is 0.103. The Hall–Kier alpha value is -4.19. The molecule has 4 aromatic rings. The quantitative estimate of drug-likeness (QED) is 0.517. The number of para-hydroxylation sites is 1. The van der Waals surface area contributed by atoms with Crippen LogP contribution in [0.1, 0.15) is 15.9 Å². The Balaban J connectivity index is 1.95. The Bertz CT molecular complexity index is 1250. The predicted octanol–water partition coefficient (Wildman–Crippen LogP) is 3.84. The van der Waals surface area contributed by atoms with Crippen molar-refractivity contribution < 1.29 is 14.6 Å². The van der Waals surface area contributed by atoms with Gasteiger partial charge in [0.05, 0.1) is 12.8 Å². The first kappa shape index (κ1) is 19.1. The number of nitrogens with zero attached hydrogens (tertiary/aromatic N) is 2. The highest BCUT2D eigenvalue weighted by Crippen LogP contribution is 2.25. The van der Waals surface area contributed by atoms with Gasteiger partial charge in [-0.2, -0.15) is 4.98 Å². The number of rotatable bonds is 5. The smallest absolute Gasteiger partial charge is 0.273 e. The fourth-order valence-electron chi connectivity index (χ4n) is 3.19. The van der Waals surface area contributed by atoms with E-state index >= 15 is 0 Å². The van der Waals surface area contributed by atoms with Crippen molar-refractivity contribution in [2.45, 2.75) is 0 Å². The molecule has 0 spiro atoms. The number of hydrogen-bond acceptors (Lipinski definition) is 5. The molecular formula is C24H18N2O4. The number of methoxy groups -OCH3 is 1. The highest BCUT2D eigenvalue weighted by Gasteiger charge is 2.24. The molecule has 0 amide bonds. The normalized spacial score (nSPS) is 10.6. The third-order valence-electron chi connectivity index (χ3n) is 4.69. The minimum Gasteiger partial charge on any atom is -0.497 e. The lowest BCUT2D eigenvalue weighted by Gasteiger charge is -2.15. The highest BCUT2D eigenvalue weighted by atomic mass is 16.5. The molecule has 0 fully saturated rings. The molecule has 1 N–H and O–H groups in total. The second-order valence-corrected chi connectivity index (χ2v) is 6.53. The van der Waals surface area contributed by atoms with E-state index < -0.39 is 17.2 Å². The van der Waals surface area contributed by atoms with Crippen LogP contribution < -0.4 is 10.3 Å². The summed E-state index contributed by atoms with van der Waals surface area (Å²) < 4.78 is 6.44. The first-order valence-corrected chi connectivity index (χ1v) is 9.25. The molecule has 0 radical (unpaired) electrons. The molecule has 0 unspecified atom stereocenters. The van der Waals surface area contributed by atoms with Crippen LogP contribution >= 0.6 is 0 Å². The summed E-state index contributed by atoms with van der Waals surface area (Å²) in [5.41, 5.74) is 0.393. The van der Waals surface area contributed by atoms with E-state index in [1.165, 1.54) is 23.8 Å². The second-order valence-electron chi connectivity index (χ2n) is 6.53. The summed E-state index contributed by atoms with van der Waals surface area (Å²) in [6.45, 7) is 0. The molecule has 148 valence electrons. The van der Waals surface area contributed by atoms with E-state index in [0.717, 1.165) is 0 Å². The summed E-state index contributed by atoms with van der Waals surface area (Å²) in [5, 5.41) is 10.6. The average Bonchev–Trinajstić information content (AvgIpc) is 2.80. The maximum absolute atomic E-state index is 13.4. The van der Waals surface area contributed by atoms with Crippen LogP contribution in [0, 0.1) is 0 Å². The summed E-state index contributed by atoms with van der Waals surface area (Å²) >= 11 is 0. The Kier molecular flexibility index (Phi) is 5.13. The summed E-state index contributed by atoms with van der Waals surface area (Å²) in [6, 6.07) is 24.2. The van der Waals surface area contributed by atoms with Crippen molar-refractivity contribution in [2.75, 3.05) is 7.11 Å². The molecule has 0 bridgehead atoms. The Morgan fingerprint density at radius 2 is 1.50 bits per heavy atom. The zero-order chi connectivity index (χ0) is 21.1. The fraction of sp³-hybridized carbons (Fsp3) is 0.0417. The molecule has 0 aliphatic heterocycles. The third kappa shape index (κ3) is 3.46. The van der Waals surface area contributed by atoms with Crippen molar-refractivity contribution in [3.05, 3.63) is 106 Å². The van der Waals surface area contributed by atoms with Crippen LogP contribution in [0.4, 0.5) is 0 Å². The van der Waals surface area contributed by atoms with Crippen LogP contribution in [0.15, 0.2) is 89.7 Å². The van der Waals surface area contributed by atoms with E-state index in [1.807, 2.05) is 24.3 Å². The van der Waals surface area contributed by atoms with Crippen molar-refractivity contribution in [1.82, 2.24) is 9.55 Å². The first-order valence-electron chi connectivity index (χ1n) is 9.25. The summed E-state index contributed by atoms with van der Waals surface area (Å²) in [6.07, 6.45) is 0. The van der Waals surface area contributed by atoms with Crippen molar-refractivity contribution in [1.29, 1.82) is 0 Å². The second kappa shape index (κ2) is 8.05. The van der Waals surface area contributed by atoms with E-state index in [0.29, 0.717) is 17.0 Å². The van der Waals surface area contributed by atoms with Gasteiger partial charge in [-0.05, 0) is 36.4 Å². The number of ether oxygens (including phenoxy) is 1. The van der Waals surface area contributed by atoms with Gasteiger partial charge in [0, 0.05) is 11.1 Å². The van der Waals surface area contributed by atoms with Gasteiger partial charge in [-0.1, -0.05) is 48.5 Å². The van der Waals surface area contributed by atoms with Crippen LogP contribution in [0.25, 0.3) is 17.1 Å². The molecule has 4 rings (SSSR count). The Morgan fingerprint density at radius 3 is 2.10 bits per heavy atom. The summed E-state index contributed by atoms with van der Waals surface area (Å²) in [4.78, 5) is 30.7. The van der Waals surface area contributed by atoms with Crippen LogP contribution in [0.5, 0.6) is 11.6 Å². The lowest BCUT2D eigenvalue weighted by Crippen LogP contribution is -2.28. The maximum atomic E-state index is 13.4. The van der Waals surface area contributed by atoms with E-state index in [2.05, 4.69) is 4.98 Å². The van der Waals surface area contributed by atoms with Crippen molar-refractivity contribution in [3.8, 4) is 28.7 Å². The molecule has 0 saturated heterocycles. The van der Waals surface area contributed by atoms with Crippen LogP contribution in [-0.4, -0.2) is 27.6 Å². The fourth-order valence-corrected chi connectivity index (χ4v) is 3.19. The number of carbonyl (C=O) groups excluding carboxylic acids is 1. The van der Waals surface area contributed by atoms with Gasteiger partial charge in [-0.3, -0.25) is 14.2 Å². The minimum atomic E-state index is -0.645. The van der Waals surface area contributed by atoms with Gasteiger partial charge in [0.2, 0.25) is 11.7 Å². The zero-order valence-corrected chi connectivity index (χ0v) is 16.1. The van der Waals surface area contributed by atoms with Gasteiger partial charge in [-0.25, -0.2) is 0 Å². The van der Waals surface area contributed by atoms with E-state index in [4.69, 9.17) is 4.74 Å². The Labute approximate surface area is 172 Å². The highest BCUT2D eigenvalue weighted by molar-refractivity contribution is 6.10. The van der Waals surface area contributed by atoms with Gasteiger partial charge in [0.15, 0.2) is 11.4 Å². The van der Waals surface area contributed by atoms with Crippen molar-refractivity contribution >= 4 is 5.78 Å². The summed E-state index contributed by atoms with van der Waals surface area (Å²) in [7, 11) is 1.52. The Morgan fingerprint density at radius 1 is 0.900 bits per heavy atom. The molecule has 1 heterocycles. The number of ketones is 1. The van der Waals surface area contributed by atoms with Gasteiger partial charge in [0.25, 0.3) is 5.56 Å². The topological polar surface area (TPSA) is 81.4 Å². The molecule has 0 aliphatic rings. The van der Waals surface area contributed by atoms with Crippen LogP contribution in [-0.2, 0) is 0 Å². The molecule has 6 nitrogen and oxygen atoms in total. The number of aromatic nitrogens is 2. The van der Waals surface area contributed by atoms with Crippen LogP contribution in [0.3, 0.4) is 0 Å². The molecule has 6 heteroatoms. The minimum absolute atomic E-state index is 0.246. The predicted molar refractivity (Wildman–Crippen MR) is 113 cm³/mol. The van der Waals surface area contributed by atoms with Gasteiger partial charge >= 0.3 is 0 Å². The van der Waals surface area contributed by atoms with E-state index in [1.54, 1.807) is 48.5 Å². The van der Waals surface area contributed by atoms with Crippen molar-refractivity contribution in [2.24, 2.45) is 0 Å². The molecule has 30 heavy (non-hydrogen) atoms. The standard InChI is InChI=1S/C24H18N2O4/c1-30-19-14-12-16(13-15-19)21(27)20-23(28)25-22(17-8-4-2-5-9-17)26(24(20)29)18-10-6-3-7-11-18/h2-15,28H,1H3. The number of aromatic hydroxyl groups is 1. The number of benzene rings is 3. The van der Waals surface area contributed by atoms with Gasteiger partial charge in [-0.15, -0.1) is 0 Å². The zero-order valence-electron chi connectivity index (χ0n) is 16.1.